The molecule has 0 aliphatic carbocycles. The van der Waals surface area contributed by atoms with Crippen LogP contribution < -0.4 is 6.15 Å². The van der Waals surface area contributed by atoms with Gasteiger partial charge in [0.25, 0.3) is 0 Å². The largest absolute Gasteiger partial charge is 0.397 e. The lowest BCUT2D eigenvalue weighted by Crippen LogP contribution is -2.25. The fraction of sp³-hybridized carbons (Fsp3) is 1.00. The lowest BCUT2D eigenvalue weighted by Gasteiger charge is -2.07. The Balaban J connectivity index is 0. The molecule has 0 rings (SSSR count). The average Bonchev–Trinajstić information content (AvgIpc) is 1.81. The van der Waals surface area contributed by atoms with Gasteiger partial charge >= 0.3 is 10.4 Å². The third kappa shape index (κ3) is 7.65. The third-order valence-electron chi connectivity index (χ3n) is 0.665. The highest BCUT2D eigenvalue weighted by atomic mass is 32.3. The van der Waals surface area contributed by atoms with E-state index in [1.165, 1.54) is 0 Å². The zero-order chi connectivity index (χ0) is 8.20. The summed E-state index contributed by atoms with van der Waals surface area (Å²) in [5.74, 6) is 0. The molecule has 0 aliphatic heterocycles. The van der Waals surface area contributed by atoms with E-state index in [0.29, 0.717) is 0 Å². The summed E-state index contributed by atoms with van der Waals surface area (Å²) in [6.45, 7) is -1.34. The normalized spacial score (nSPS) is 11.3. The Labute approximate surface area is 64.1 Å². The van der Waals surface area contributed by atoms with Gasteiger partial charge in [0.1, 0.15) is 6.10 Å². The number of aliphatic hydroxyl groups excluding tert-OH is 2. The van der Waals surface area contributed by atoms with Crippen LogP contribution in [0, 0.1) is 0 Å². The first-order valence-electron chi connectivity index (χ1n) is 2.37. The molecule has 0 aliphatic rings. The summed E-state index contributed by atoms with van der Waals surface area (Å²) in [5.41, 5.74) is 0. The quantitative estimate of drug-likeness (QED) is 0.387. The SMILES string of the molecule is N.O=S(=O)(O)OC(CO)CO. The van der Waals surface area contributed by atoms with Crippen molar-refractivity contribution < 1.29 is 27.4 Å². The van der Waals surface area contributed by atoms with E-state index in [1.54, 1.807) is 0 Å². The van der Waals surface area contributed by atoms with Gasteiger partial charge in [0, 0.05) is 0 Å². The zero-order valence-corrected chi connectivity index (χ0v) is 6.49. The summed E-state index contributed by atoms with van der Waals surface area (Å²) >= 11 is 0. The molecule has 11 heavy (non-hydrogen) atoms. The molecule has 0 aromatic rings. The maximum Gasteiger partial charge on any atom is 0.397 e. The van der Waals surface area contributed by atoms with Gasteiger partial charge in [-0.1, -0.05) is 0 Å². The maximum absolute atomic E-state index is 9.87. The van der Waals surface area contributed by atoms with E-state index in [-0.39, 0.29) is 6.15 Å². The van der Waals surface area contributed by atoms with Crippen LogP contribution in [-0.2, 0) is 14.6 Å². The first-order valence-corrected chi connectivity index (χ1v) is 3.73. The van der Waals surface area contributed by atoms with Crippen LogP contribution in [-0.4, -0.2) is 42.5 Å². The molecule has 0 amide bonds. The molecular weight excluding hydrogens is 178 g/mol. The molecule has 0 fully saturated rings. The van der Waals surface area contributed by atoms with Crippen molar-refractivity contribution in [1.82, 2.24) is 6.15 Å². The summed E-state index contributed by atoms with van der Waals surface area (Å²) in [4.78, 5) is 0. The molecule has 0 unspecified atom stereocenters. The summed E-state index contributed by atoms with van der Waals surface area (Å²) in [7, 11) is -4.57. The molecule has 0 radical (unpaired) electrons. The Morgan fingerprint density at radius 2 is 1.64 bits per heavy atom. The molecule has 7 nitrogen and oxygen atoms in total. The van der Waals surface area contributed by atoms with Gasteiger partial charge in [-0.2, -0.15) is 8.42 Å². The molecule has 0 bridgehead atoms. The van der Waals surface area contributed by atoms with Crippen molar-refractivity contribution in [1.29, 1.82) is 0 Å². The van der Waals surface area contributed by atoms with E-state index < -0.39 is 29.7 Å². The molecule has 0 atom stereocenters. The molecule has 0 saturated carbocycles. The Kier molecular flexibility index (Phi) is 6.56. The predicted octanol–water partition coefficient (Wildman–Crippen LogP) is -1.68. The van der Waals surface area contributed by atoms with E-state index in [9.17, 15) is 8.42 Å². The molecule has 0 heterocycles. The second-order valence-electron chi connectivity index (χ2n) is 1.51. The highest BCUT2D eigenvalue weighted by molar-refractivity contribution is 7.80. The number of hydrogen-bond acceptors (Lipinski definition) is 6. The van der Waals surface area contributed by atoms with Gasteiger partial charge in [0.15, 0.2) is 0 Å². The summed E-state index contributed by atoms with van der Waals surface area (Å²) in [6.07, 6.45) is -1.28. The zero-order valence-electron chi connectivity index (χ0n) is 5.67. The minimum atomic E-state index is -4.57. The molecule has 0 aromatic heterocycles. The van der Waals surface area contributed by atoms with Gasteiger partial charge in [0.05, 0.1) is 13.2 Å². The summed E-state index contributed by atoms with van der Waals surface area (Å²) < 4.78 is 31.5. The van der Waals surface area contributed by atoms with E-state index in [2.05, 4.69) is 4.18 Å². The highest BCUT2D eigenvalue weighted by Crippen LogP contribution is 1.94. The number of hydrogen-bond donors (Lipinski definition) is 4. The average molecular weight is 189 g/mol. The van der Waals surface area contributed by atoms with Crippen molar-refractivity contribution in [3.63, 3.8) is 0 Å². The van der Waals surface area contributed by atoms with Crippen molar-refractivity contribution >= 4 is 10.4 Å². The number of rotatable bonds is 4. The van der Waals surface area contributed by atoms with Crippen LogP contribution >= 0.6 is 0 Å². The smallest absolute Gasteiger partial charge is 0.394 e. The topological polar surface area (TPSA) is 139 Å². The molecule has 70 valence electrons. The van der Waals surface area contributed by atoms with Gasteiger partial charge in [-0.3, -0.25) is 4.55 Å². The van der Waals surface area contributed by atoms with Gasteiger partial charge in [0.2, 0.25) is 0 Å². The van der Waals surface area contributed by atoms with E-state index in [1.807, 2.05) is 0 Å². The minimum absolute atomic E-state index is 0. The Hall–Kier alpha value is -0.250. The Bertz CT molecular complexity index is 172. The monoisotopic (exact) mass is 189 g/mol. The van der Waals surface area contributed by atoms with Crippen LogP contribution in [0.4, 0.5) is 0 Å². The molecule has 0 saturated heterocycles. The first-order chi connectivity index (χ1) is 4.49. The lowest BCUT2D eigenvalue weighted by molar-refractivity contribution is 0.0585. The fourth-order valence-corrected chi connectivity index (χ4v) is 0.756. The van der Waals surface area contributed by atoms with Crippen molar-refractivity contribution in [2.24, 2.45) is 0 Å². The predicted molar refractivity (Wildman–Crippen MR) is 35.6 cm³/mol. The van der Waals surface area contributed by atoms with Crippen molar-refractivity contribution in [3.8, 4) is 0 Å². The molecule has 0 spiro atoms. The van der Waals surface area contributed by atoms with Gasteiger partial charge in [-0.05, 0) is 0 Å². The van der Waals surface area contributed by atoms with Crippen molar-refractivity contribution in [2.45, 2.75) is 6.10 Å². The van der Waals surface area contributed by atoms with E-state index in [0.717, 1.165) is 0 Å². The third-order valence-corrected chi connectivity index (χ3v) is 1.18. The Morgan fingerprint density at radius 1 is 1.27 bits per heavy atom. The second kappa shape index (κ2) is 5.41. The molecular formula is C3H11NO6S. The summed E-state index contributed by atoms with van der Waals surface area (Å²) in [6, 6.07) is 0. The van der Waals surface area contributed by atoms with Gasteiger partial charge in [-0.15, -0.1) is 0 Å². The molecule has 6 N–H and O–H groups in total. The van der Waals surface area contributed by atoms with E-state index >= 15 is 0 Å². The lowest BCUT2D eigenvalue weighted by atomic mass is 10.4. The number of aliphatic hydroxyl groups is 2. The second-order valence-corrected chi connectivity index (χ2v) is 2.56. The Morgan fingerprint density at radius 3 is 1.73 bits per heavy atom. The fourth-order valence-electron chi connectivity index (χ4n) is 0.291. The first kappa shape index (κ1) is 13.3. The molecule has 8 heteroatoms. The van der Waals surface area contributed by atoms with Crippen LogP contribution in [0.25, 0.3) is 0 Å². The standard InChI is InChI=1S/C3H8O6S.H3N/c4-1-3(2-5)9-10(6,7)8;/h3-5H,1-2H2,(H,6,7,8);1H3. The van der Waals surface area contributed by atoms with E-state index in [4.69, 9.17) is 14.8 Å². The van der Waals surface area contributed by atoms with Crippen LogP contribution in [0.1, 0.15) is 0 Å². The maximum atomic E-state index is 9.87. The molecule has 0 aromatic carbocycles. The van der Waals surface area contributed by atoms with Crippen molar-refractivity contribution in [2.75, 3.05) is 13.2 Å². The van der Waals surface area contributed by atoms with Gasteiger partial charge in [-0.25, -0.2) is 4.18 Å². The summed E-state index contributed by atoms with van der Waals surface area (Å²) in [5, 5.41) is 16.5. The van der Waals surface area contributed by atoms with Crippen LogP contribution in [0.15, 0.2) is 0 Å². The highest BCUT2D eigenvalue weighted by Gasteiger charge is 2.14. The van der Waals surface area contributed by atoms with Crippen molar-refractivity contribution in [3.05, 3.63) is 0 Å². The van der Waals surface area contributed by atoms with Crippen LogP contribution in [0.2, 0.25) is 0 Å². The van der Waals surface area contributed by atoms with Crippen LogP contribution in [0.5, 0.6) is 0 Å². The minimum Gasteiger partial charge on any atom is -0.394 e. The van der Waals surface area contributed by atoms with Gasteiger partial charge < -0.3 is 16.4 Å². The van der Waals surface area contributed by atoms with Crippen LogP contribution in [0.3, 0.4) is 0 Å².